The summed E-state index contributed by atoms with van der Waals surface area (Å²) >= 11 is 0. The number of amides is 2. The van der Waals surface area contributed by atoms with E-state index in [9.17, 15) is 34.2 Å². The number of nitrogens with two attached hydrogens (primary N) is 1. The summed E-state index contributed by atoms with van der Waals surface area (Å²) in [4.78, 5) is 77.1. The highest BCUT2D eigenvalue weighted by Gasteiger charge is 2.44. The topological polar surface area (TPSA) is 251 Å². The molecule has 0 bridgehead atoms. The van der Waals surface area contributed by atoms with Crippen LogP contribution in [0, 0.1) is 0 Å². The lowest BCUT2D eigenvalue weighted by molar-refractivity contribution is -0.127. The number of nitrogen functional groups attached to an aromatic ring is 1. The SMILES string of the molecule is CN(C/C=C/C(=O)N1CCN(C(=O)OC(C)(C)C)CC1)CCNc1c(NC[C@H]2O[C@@H](n3cnc4c(=O)[nH]c(N)nc43)C(O)C2O)c(=O)c1=O. The van der Waals surface area contributed by atoms with E-state index in [1.54, 1.807) is 36.6 Å². The van der Waals surface area contributed by atoms with Crippen LogP contribution in [0.3, 0.4) is 0 Å². The van der Waals surface area contributed by atoms with E-state index in [1.165, 1.54) is 17.0 Å². The van der Waals surface area contributed by atoms with Crippen LogP contribution in [0.4, 0.5) is 22.1 Å². The van der Waals surface area contributed by atoms with Crippen LogP contribution in [-0.2, 0) is 14.3 Å². The molecule has 0 aliphatic carbocycles. The quantitative estimate of drug-likeness (QED) is 0.0944. The fourth-order valence-electron chi connectivity index (χ4n) is 5.53. The van der Waals surface area contributed by atoms with E-state index >= 15 is 0 Å². The Morgan fingerprint density at radius 2 is 1.76 bits per heavy atom. The third-order valence-electron chi connectivity index (χ3n) is 8.17. The molecule has 0 saturated carbocycles. The Labute approximate surface area is 280 Å². The summed E-state index contributed by atoms with van der Waals surface area (Å²) in [5.74, 6) is -0.313. The normalized spacial score (nSPS) is 21.7. The van der Waals surface area contributed by atoms with Gasteiger partial charge in [0.25, 0.3) is 16.4 Å². The van der Waals surface area contributed by atoms with E-state index in [4.69, 9.17) is 15.2 Å². The number of hydrogen-bond acceptors (Lipinski definition) is 15. The number of ether oxygens (including phenoxy) is 2. The number of carbonyl (C=O) groups is 2. The monoisotopic (exact) mass is 686 g/mol. The van der Waals surface area contributed by atoms with E-state index in [1.807, 2.05) is 11.9 Å². The van der Waals surface area contributed by atoms with Crippen LogP contribution in [0.25, 0.3) is 11.2 Å². The van der Waals surface area contributed by atoms with Crippen LogP contribution >= 0.6 is 0 Å². The van der Waals surface area contributed by atoms with Gasteiger partial charge in [0.2, 0.25) is 11.9 Å². The number of nitrogens with zero attached hydrogens (tertiary/aromatic N) is 6. The summed E-state index contributed by atoms with van der Waals surface area (Å²) < 4.78 is 12.5. The highest BCUT2D eigenvalue weighted by Crippen LogP contribution is 2.31. The van der Waals surface area contributed by atoms with Crippen LogP contribution in [0.1, 0.15) is 27.0 Å². The van der Waals surface area contributed by atoms with Crippen LogP contribution in [-0.4, -0.2) is 140 Å². The molecule has 1 aromatic carbocycles. The molecular weight excluding hydrogens is 644 g/mol. The average molecular weight is 687 g/mol. The predicted molar refractivity (Wildman–Crippen MR) is 178 cm³/mol. The maximum absolute atomic E-state index is 12.6. The second kappa shape index (κ2) is 14.3. The Morgan fingerprint density at radius 1 is 1.10 bits per heavy atom. The predicted octanol–water partition coefficient (Wildman–Crippen LogP) is -1.99. The first-order chi connectivity index (χ1) is 23.1. The summed E-state index contributed by atoms with van der Waals surface area (Å²) in [7, 11) is 1.83. The fraction of sp³-hybridized carbons (Fsp3) is 0.567. The van der Waals surface area contributed by atoms with Gasteiger partial charge in [-0.25, -0.2) is 9.78 Å². The standard InChI is InChI=1S/C30H42N10O9/c1-30(2,3)49-29(47)39-12-10-38(11-13-39)17(41)6-5-8-37(4)9-7-32-18-19(23(44)22(18)43)33-14-16-21(42)24(45)27(48-16)40-15-34-20-25(40)35-28(31)36-26(20)46/h5-6,15-16,21,24,27,32-33,42,45H,7-14H2,1-4H3,(H3,31,35,36,46)/b6-5+/t16-,21?,24?,27-/m1/s1. The molecule has 4 heterocycles. The van der Waals surface area contributed by atoms with Gasteiger partial charge in [-0.15, -0.1) is 0 Å². The van der Waals surface area contributed by atoms with Gasteiger partial charge in [-0.1, -0.05) is 6.08 Å². The minimum absolute atomic E-state index is 0.0253. The second-order valence-electron chi connectivity index (χ2n) is 13.0. The average Bonchev–Trinajstić information content (AvgIpc) is 3.59. The van der Waals surface area contributed by atoms with Gasteiger partial charge in [0.05, 0.1) is 6.33 Å². The molecule has 3 aromatic rings. The molecule has 19 nitrogen and oxygen atoms in total. The number of imidazole rings is 1. The highest BCUT2D eigenvalue weighted by molar-refractivity contribution is 5.87. The molecule has 2 aliphatic heterocycles. The molecule has 2 aliphatic rings. The molecular formula is C30H42N10O9. The van der Waals surface area contributed by atoms with E-state index in [0.717, 1.165) is 0 Å². The van der Waals surface area contributed by atoms with Crippen LogP contribution in [0.2, 0.25) is 0 Å². The van der Waals surface area contributed by atoms with Crippen molar-refractivity contribution in [1.29, 1.82) is 0 Å². The number of aliphatic hydroxyl groups is 2. The summed E-state index contributed by atoms with van der Waals surface area (Å²) in [5, 5.41) is 27.1. The van der Waals surface area contributed by atoms with Crippen LogP contribution in [0.15, 0.2) is 32.9 Å². The van der Waals surface area contributed by atoms with Gasteiger partial charge in [-0.3, -0.25) is 28.7 Å². The van der Waals surface area contributed by atoms with Gasteiger partial charge in [-0.2, -0.15) is 4.98 Å². The Kier molecular flexibility index (Phi) is 10.4. The van der Waals surface area contributed by atoms with Crippen molar-refractivity contribution < 1.29 is 29.3 Å². The second-order valence-corrected chi connectivity index (χ2v) is 13.0. The smallest absolute Gasteiger partial charge is 0.410 e. The minimum Gasteiger partial charge on any atom is -0.444 e. The summed E-state index contributed by atoms with van der Waals surface area (Å²) in [5.41, 5.74) is 3.23. The zero-order valence-corrected chi connectivity index (χ0v) is 27.7. The molecule has 19 heteroatoms. The maximum atomic E-state index is 12.6. The van der Waals surface area contributed by atoms with Gasteiger partial charge < -0.3 is 50.8 Å². The van der Waals surface area contributed by atoms with Crippen molar-refractivity contribution in [3.8, 4) is 0 Å². The van der Waals surface area contributed by atoms with Crippen LogP contribution in [0.5, 0.6) is 0 Å². The van der Waals surface area contributed by atoms with Gasteiger partial charge in [-0.05, 0) is 27.8 Å². The lowest BCUT2D eigenvalue weighted by Gasteiger charge is -2.35. The van der Waals surface area contributed by atoms with Crippen molar-refractivity contribution in [3.05, 3.63) is 49.3 Å². The third kappa shape index (κ3) is 7.90. The Balaban J connectivity index is 1.06. The van der Waals surface area contributed by atoms with Crippen molar-refractivity contribution >= 4 is 40.5 Å². The van der Waals surface area contributed by atoms with E-state index in [-0.39, 0.29) is 40.9 Å². The molecule has 2 amide bonds. The lowest BCUT2D eigenvalue weighted by atomic mass is 10.1. The van der Waals surface area contributed by atoms with Crippen molar-refractivity contribution in [3.63, 3.8) is 0 Å². The number of anilines is 3. The summed E-state index contributed by atoms with van der Waals surface area (Å²) in [6.07, 6.45) is -0.881. The number of nitrogens with one attached hydrogen (secondary N) is 3. The first kappa shape index (κ1) is 35.5. The van der Waals surface area contributed by atoms with Gasteiger partial charge in [0.15, 0.2) is 17.4 Å². The first-order valence-corrected chi connectivity index (χ1v) is 15.8. The number of aliphatic hydroxyl groups excluding tert-OH is 2. The fourth-order valence-corrected chi connectivity index (χ4v) is 5.53. The van der Waals surface area contributed by atoms with Gasteiger partial charge in [0, 0.05) is 58.4 Å². The molecule has 5 rings (SSSR count). The molecule has 4 atom stereocenters. The number of rotatable bonds is 11. The molecule has 7 N–H and O–H groups in total. The van der Waals surface area contributed by atoms with E-state index < -0.39 is 52.7 Å². The molecule has 2 fully saturated rings. The minimum atomic E-state index is -1.42. The molecule has 2 saturated heterocycles. The lowest BCUT2D eigenvalue weighted by Crippen LogP contribution is -2.51. The molecule has 0 spiro atoms. The zero-order valence-electron chi connectivity index (χ0n) is 27.7. The largest absolute Gasteiger partial charge is 0.444 e. The number of fused-ring (bicyclic) bond motifs is 1. The highest BCUT2D eigenvalue weighted by atomic mass is 16.6. The Morgan fingerprint density at radius 3 is 2.43 bits per heavy atom. The molecule has 49 heavy (non-hydrogen) atoms. The van der Waals surface area contributed by atoms with Gasteiger partial charge >= 0.3 is 6.09 Å². The summed E-state index contributed by atoms with van der Waals surface area (Å²) in [6, 6.07) is 0. The number of hydrogen-bond donors (Lipinski definition) is 6. The molecule has 266 valence electrons. The Hall–Kier alpha value is -4.85. The van der Waals surface area contributed by atoms with Crippen LogP contribution < -0.4 is 32.8 Å². The number of carbonyl (C=O) groups excluding carboxylic acids is 2. The van der Waals surface area contributed by atoms with E-state index in [0.29, 0.717) is 45.8 Å². The van der Waals surface area contributed by atoms with Crippen molar-refractivity contribution in [2.24, 2.45) is 0 Å². The zero-order chi connectivity index (χ0) is 35.6. The molecule has 2 unspecified atom stereocenters. The first-order valence-electron chi connectivity index (χ1n) is 15.8. The molecule has 0 radical (unpaired) electrons. The number of piperazine rings is 1. The summed E-state index contributed by atoms with van der Waals surface area (Å²) in [6.45, 7) is 8.14. The van der Waals surface area contributed by atoms with Crippen molar-refractivity contribution in [2.45, 2.75) is 50.9 Å². The van der Waals surface area contributed by atoms with Gasteiger partial charge in [0.1, 0.15) is 35.3 Å². The number of aromatic nitrogens is 4. The molecule has 2 aromatic heterocycles. The number of aromatic amines is 1. The van der Waals surface area contributed by atoms with E-state index in [2.05, 4.69) is 25.6 Å². The number of H-pyrrole nitrogens is 1. The maximum Gasteiger partial charge on any atom is 0.410 e. The Bertz CT molecular complexity index is 1830. The third-order valence-corrected chi connectivity index (χ3v) is 8.17. The number of likely N-dealkylation sites (N-methyl/N-ethyl adjacent to an activating group) is 1. The van der Waals surface area contributed by atoms with Crippen molar-refractivity contribution in [1.82, 2.24) is 34.2 Å². The van der Waals surface area contributed by atoms with Crippen molar-refractivity contribution in [2.75, 3.05) is 75.8 Å².